The molecule has 0 atom stereocenters. The molecule has 1 saturated heterocycles. The highest BCUT2D eigenvalue weighted by atomic mass is 16.4. The van der Waals surface area contributed by atoms with Gasteiger partial charge in [-0.05, 0) is 67.8 Å². The van der Waals surface area contributed by atoms with Crippen LogP contribution in [0.3, 0.4) is 0 Å². The molecule has 4 aromatic rings. The lowest BCUT2D eigenvalue weighted by Crippen LogP contribution is -2.46. The zero-order valence-corrected chi connectivity index (χ0v) is 18.0. The van der Waals surface area contributed by atoms with E-state index in [1.54, 1.807) is 0 Å². The van der Waals surface area contributed by atoms with E-state index in [4.69, 9.17) is 9.68 Å². The second kappa shape index (κ2) is 8.89. The van der Waals surface area contributed by atoms with Gasteiger partial charge in [0.1, 0.15) is 5.58 Å². The predicted octanol–water partition coefficient (Wildman–Crippen LogP) is 4.29. The van der Waals surface area contributed by atoms with Crippen molar-refractivity contribution in [3.05, 3.63) is 76.3 Å². The minimum absolute atomic E-state index is 0.309. The molecule has 0 saturated carbocycles. The second-order valence-electron chi connectivity index (χ2n) is 8.45. The fourth-order valence-corrected chi connectivity index (χ4v) is 4.60. The summed E-state index contributed by atoms with van der Waals surface area (Å²) in [5.74, 6) is 0. The molecule has 0 spiro atoms. The molecule has 3 heterocycles. The number of piperazine rings is 1. The molecule has 5 rings (SSSR count). The summed E-state index contributed by atoms with van der Waals surface area (Å²) in [6.45, 7) is 5.26. The van der Waals surface area contributed by atoms with Gasteiger partial charge in [-0.2, -0.15) is 5.26 Å². The van der Waals surface area contributed by atoms with Crippen LogP contribution in [0.15, 0.2) is 63.9 Å². The summed E-state index contributed by atoms with van der Waals surface area (Å²) in [6, 6.07) is 17.4. The number of hydrogen-bond donors (Lipinski definition) is 1. The minimum atomic E-state index is -0.309. The summed E-state index contributed by atoms with van der Waals surface area (Å²) in [5.41, 5.74) is 4.59. The first-order valence-electron chi connectivity index (χ1n) is 11.2. The van der Waals surface area contributed by atoms with Crippen molar-refractivity contribution in [3.8, 4) is 6.07 Å². The molecule has 1 fully saturated rings. The number of anilines is 1. The van der Waals surface area contributed by atoms with Crippen LogP contribution in [0.2, 0.25) is 0 Å². The Balaban J connectivity index is 1.10. The fraction of sp³-hybridized carbons (Fsp3) is 0.308. The van der Waals surface area contributed by atoms with Gasteiger partial charge < -0.3 is 14.3 Å². The number of nitrogens with one attached hydrogen (secondary N) is 1. The number of hydrogen-bond acceptors (Lipinski definition) is 5. The fourth-order valence-electron chi connectivity index (χ4n) is 4.60. The average molecular weight is 427 g/mol. The van der Waals surface area contributed by atoms with E-state index in [0.717, 1.165) is 56.5 Å². The summed E-state index contributed by atoms with van der Waals surface area (Å²) >= 11 is 0. The van der Waals surface area contributed by atoms with Gasteiger partial charge in [-0.15, -0.1) is 0 Å². The monoisotopic (exact) mass is 426 g/mol. The number of nitrogens with zero attached hydrogens (tertiary/aromatic N) is 3. The summed E-state index contributed by atoms with van der Waals surface area (Å²) < 4.78 is 5.24. The number of aromatic amines is 1. The van der Waals surface area contributed by atoms with Crippen molar-refractivity contribution < 1.29 is 4.42 Å². The minimum Gasteiger partial charge on any atom is -0.423 e. The Morgan fingerprint density at radius 2 is 1.88 bits per heavy atom. The summed E-state index contributed by atoms with van der Waals surface area (Å²) in [5, 5.41) is 11.2. The van der Waals surface area contributed by atoms with Crippen molar-refractivity contribution in [1.29, 1.82) is 5.26 Å². The SMILES string of the molecule is N#Cc1ccc2c(CCCCN3CCN(c4ccc5oc(=O)ccc5c4)CC3)c[nH]c2c1. The molecule has 6 heteroatoms. The number of rotatable bonds is 6. The molecule has 6 nitrogen and oxygen atoms in total. The van der Waals surface area contributed by atoms with E-state index >= 15 is 0 Å². The highest BCUT2D eigenvalue weighted by Crippen LogP contribution is 2.23. The van der Waals surface area contributed by atoms with Crippen LogP contribution in [0.25, 0.3) is 21.9 Å². The maximum Gasteiger partial charge on any atom is 0.336 e. The Kier molecular flexibility index (Phi) is 5.66. The van der Waals surface area contributed by atoms with E-state index in [1.165, 1.54) is 29.1 Å². The topological polar surface area (TPSA) is 76.3 Å². The molecule has 0 unspecified atom stereocenters. The zero-order valence-electron chi connectivity index (χ0n) is 18.0. The Morgan fingerprint density at radius 1 is 1.00 bits per heavy atom. The Labute approximate surface area is 186 Å². The molecular formula is C26H26N4O2. The van der Waals surface area contributed by atoms with Gasteiger partial charge >= 0.3 is 5.63 Å². The number of nitriles is 1. The van der Waals surface area contributed by atoms with Crippen LogP contribution in [0.1, 0.15) is 24.0 Å². The van der Waals surface area contributed by atoms with E-state index in [9.17, 15) is 4.79 Å². The van der Waals surface area contributed by atoms with Crippen molar-refractivity contribution >= 4 is 27.6 Å². The molecule has 1 aliphatic heterocycles. The molecule has 0 aliphatic carbocycles. The normalized spacial score (nSPS) is 14.8. The third-order valence-corrected chi connectivity index (χ3v) is 6.41. The number of aryl methyl sites for hydroxylation is 1. The van der Waals surface area contributed by atoms with Gasteiger partial charge in [0.2, 0.25) is 0 Å². The maximum absolute atomic E-state index is 11.4. The van der Waals surface area contributed by atoms with Gasteiger partial charge in [-0.25, -0.2) is 4.79 Å². The third-order valence-electron chi connectivity index (χ3n) is 6.41. The van der Waals surface area contributed by atoms with Crippen LogP contribution in [0.5, 0.6) is 0 Å². The summed E-state index contributed by atoms with van der Waals surface area (Å²) in [7, 11) is 0. The third kappa shape index (κ3) is 4.25. The zero-order chi connectivity index (χ0) is 21.9. The molecule has 162 valence electrons. The quantitative estimate of drug-likeness (QED) is 0.368. The van der Waals surface area contributed by atoms with Crippen molar-refractivity contribution in [2.45, 2.75) is 19.3 Å². The number of fused-ring (bicyclic) bond motifs is 2. The molecule has 2 aromatic carbocycles. The molecule has 1 N–H and O–H groups in total. The predicted molar refractivity (Wildman–Crippen MR) is 127 cm³/mol. The van der Waals surface area contributed by atoms with Crippen molar-refractivity contribution in [3.63, 3.8) is 0 Å². The molecule has 0 radical (unpaired) electrons. The van der Waals surface area contributed by atoms with Crippen LogP contribution < -0.4 is 10.5 Å². The lowest BCUT2D eigenvalue weighted by atomic mass is 10.1. The van der Waals surface area contributed by atoms with Crippen LogP contribution >= 0.6 is 0 Å². The standard InChI is InChI=1S/C26H26N4O2/c27-17-19-4-7-23-21(18-28-24(23)15-19)3-1-2-10-29-11-13-30(14-12-29)22-6-8-25-20(16-22)5-9-26(31)32-25/h4-9,15-16,18,28H,1-3,10-14H2. The van der Waals surface area contributed by atoms with Crippen molar-refractivity contribution in [2.75, 3.05) is 37.6 Å². The Hall–Kier alpha value is -3.56. The molecule has 1 aliphatic rings. The number of unbranched alkanes of at least 4 members (excludes halogenated alkanes) is 1. The number of benzene rings is 2. The van der Waals surface area contributed by atoms with Crippen LogP contribution in [-0.4, -0.2) is 42.6 Å². The van der Waals surface area contributed by atoms with Gasteiger partial charge in [0, 0.05) is 60.4 Å². The molecule has 0 amide bonds. The van der Waals surface area contributed by atoms with Crippen LogP contribution in [-0.2, 0) is 6.42 Å². The van der Waals surface area contributed by atoms with Gasteiger partial charge in [0.25, 0.3) is 0 Å². The van der Waals surface area contributed by atoms with E-state index in [2.05, 4.69) is 39.2 Å². The van der Waals surface area contributed by atoms with Crippen molar-refractivity contribution in [1.82, 2.24) is 9.88 Å². The summed E-state index contributed by atoms with van der Waals surface area (Å²) in [4.78, 5) is 19.6. The van der Waals surface area contributed by atoms with E-state index < -0.39 is 0 Å². The van der Waals surface area contributed by atoms with Crippen LogP contribution in [0.4, 0.5) is 5.69 Å². The second-order valence-corrected chi connectivity index (χ2v) is 8.45. The largest absolute Gasteiger partial charge is 0.423 e. The molecular weight excluding hydrogens is 400 g/mol. The van der Waals surface area contributed by atoms with E-state index in [1.807, 2.05) is 30.3 Å². The van der Waals surface area contributed by atoms with E-state index in [0.29, 0.717) is 11.1 Å². The van der Waals surface area contributed by atoms with Gasteiger partial charge in [-0.3, -0.25) is 4.90 Å². The van der Waals surface area contributed by atoms with Crippen LogP contribution in [0, 0.1) is 11.3 Å². The number of H-pyrrole nitrogens is 1. The first kappa shape index (κ1) is 20.3. The molecule has 32 heavy (non-hydrogen) atoms. The Morgan fingerprint density at radius 3 is 2.72 bits per heavy atom. The molecule has 0 bridgehead atoms. The maximum atomic E-state index is 11.4. The Bertz CT molecular complexity index is 1340. The average Bonchev–Trinajstić information content (AvgIpc) is 3.24. The highest BCUT2D eigenvalue weighted by Gasteiger charge is 2.17. The van der Waals surface area contributed by atoms with E-state index in [-0.39, 0.29) is 5.63 Å². The van der Waals surface area contributed by atoms with Gasteiger partial charge in [-0.1, -0.05) is 6.07 Å². The van der Waals surface area contributed by atoms with Gasteiger partial charge in [0.05, 0.1) is 11.6 Å². The lowest BCUT2D eigenvalue weighted by molar-refractivity contribution is 0.253. The van der Waals surface area contributed by atoms with Gasteiger partial charge in [0.15, 0.2) is 0 Å². The molecule has 2 aromatic heterocycles. The smallest absolute Gasteiger partial charge is 0.336 e. The summed E-state index contributed by atoms with van der Waals surface area (Å²) in [6.07, 6.45) is 5.47. The first-order valence-corrected chi connectivity index (χ1v) is 11.2. The lowest BCUT2D eigenvalue weighted by Gasteiger charge is -2.36. The highest BCUT2D eigenvalue weighted by molar-refractivity contribution is 5.84. The number of aromatic nitrogens is 1. The van der Waals surface area contributed by atoms with Crippen molar-refractivity contribution in [2.24, 2.45) is 0 Å². The first-order chi connectivity index (χ1) is 15.7.